The zero-order valence-electron chi connectivity index (χ0n) is 11.0. The van der Waals surface area contributed by atoms with Gasteiger partial charge in [-0.2, -0.15) is 0 Å². The molecule has 0 fully saturated rings. The van der Waals surface area contributed by atoms with Crippen LogP contribution in [0.4, 0.5) is 0 Å². The third-order valence-electron chi connectivity index (χ3n) is 2.23. The summed E-state index contributed by atoms with van der Waals surface area (Å²) in [7, 11) is 4.20. The smallest absolute Gasteiger partial charge is 0.0639 e. The maximum absolute atomic E-state index is 9.39. The van der Waals surface area contributed by atoms with E-state index >= 15 is 0 Å². The molecule has 1 unspecified atom stereocenters. The van der Waals surface area contributed by atoms with E-state index in [4.69, 9.17) is 0 Å². The minimum absolute atomic E-state index is 0.219. The molecule has 0 rings (SSSR count). The van der Waals surface area contributed by atoms with Crippen LogP contribution in [0, 0.1) is 5.92 Å². The van der Waals surface area contributed by atoms with Gasteiger partial charge in [0, 0.05) is 13.1 Å². The van der Waals surface area contributed by atoms with E-state index in [1.54, 1.807) is 0 Å². The molecule has 0 aromatic carbocycles. The molecular weight excluding hydrogens is 188 g/mol. The van der Waals surface area contributed by atoms with Crippen LogP contribution >= 0.6 is 0 Å². The lowest BCUT2D eigenvalue weighted by molar-refractivity contribution is 0.116. The Morgan fingerprint density at radius 3 is 2.00 bits per heavy atom. The van der Waals surface area contributed by atoms with Crippen molar-refractivity contribution in [2.75, 3.05) is 40.3 Å². The maximum Gasteiger partial charge on any atom is 0.0639 e. The van der Waals surface area contributed by atoms with Crippen LogP contribution in [0.5, 0.6) is 0 Å². The molecule has 0 amide bonds. The van der Waals surface area contributed by atoms with Crippen LogP contribution in [0.15, 0.2) is 0 Å². The van der Waals surface area contributed by atoms with Crippen LogP contribution in [0.3, 0.4) is 0 Å². The average molecular weight is 216 g/mol. The van der Waals surface area contributed by atoms with Crippen molar-refractivity contribution in [2.45, 2.75) is 33.3 Å². The third-order valence-corrected chi connectivity index (χ3v) is 2.23. The van der Waals surface area contributed by atoms with Crippen LogP contribution in [-0.4, -0.2) is 61.3 Å². The van der Waals surface area contributed by atoms with Gasteiger partial charge in [-0.25, -0.2) is 0 Å². The Balaban J connectivity index is 3.79. The van der Waals surface area contributed by atoms with E-state index in [1.807, 2.05) is 6.92 Å². The van der Waals surface area contributed by atoms with Crippen molar-refractivity contribution in [3.8, 4) is 0 Å². The lowest BCUT2D eigenvalue weighted by Crippen LogP contribution is -2.35. The largest absolute Gasteiger partial charge is 0.392 e. The van der Waals surface area contributed by atoms with E-state index < -0.39 is 0 Å². The number of nitrogens with zero attached hydrogens (tertiary/aromatic N) is 2. The van der Waals surface area contributed by atoms with Gasteiger partial charge in [0.15, 0.2) is 0 Å². The first kappa shape index (κ1) is 14.9. The van der Waals surface area contributed by atoms with Crippen molar-refractivity contribution in [3.63, 3.8) is 0 Å². The molecule has 0 spiro atoms. The van der Waals surface area contributed by atoms with Crippen LogP contribution < -0.4 is 0 Å². The van der Waals surface area contributed by atoms with Crippen molar-refractivity contribution in [1.82, 2.24) is 9.80 Å². The predicted molar refractivity (Wildman–Crippen MR) is 66.1 cm³/mol. The monoisotopic (exact) mass is 216 g/mol. The molecule has 0 bridgehead atoms. The number of hydrogen-bond donors (Lipinski definition) is 1. The molecule has 3 nitrogen and oxygen atoms in total. The second-order valence-corrected chi connectivity index (χ2v) is 5.16. The highest BCUT2D eigenvalue weighted by Gasteiger charge is 2.09. The molecule has 0 radical (unpaired) electrons. The quantitative estimate of drug-likeness (QED) is 0.662. The predicted octanol–water partition coefficient (Wildman–Crippen LogP) is 1.28. The lowest BCUT2D eigenvalue weighted by atomic mass is 10.2. The van der Waals surface area contributed by atoms with Gasteiger partial charge in [-0.3, -0.25) is 0 Å². The molecule has 0 saturated carbocycles. The molecule has 0 saturated heterocycles. The average Bonchev–Trinajstić information content (AvgIpc) is 2.00. The molecule has 0 aliphatic heterocycles. The Kier molecular flexibility index (Phi) is 8.02. The van der Waals surface area contributed by atoms with E-state index in [0.29, 0.717) is 5.92 Å². The van der Waals surface area contributed by atoms with Crippen LogP contribution in [0.1, 0.15) is 27.2 Å². The second-order valence-electron chi connectivity index (χ2n) is 5.16. The summed E-state index contributed by atoms with van der Waals surface area (Å²) in [4.78, 5) is 4.56. The standard InChI is InChI=1S/C12H28N2O/c1-11(2)9-14(10-12(3)15)8-6-7-13(4)5/h11-12,15H,6-10H2,1-5H3. The van der Waals surface area contributed by atoms with E-state index in [-0.39, 0.29) is 6.10 Å². The zero-order valence-corrected chi connectivity index (χ0v) is 11.0. The molecule has 3 heteroatoms. The van der Waals surface area contributed by atoms with Crippen molar-refractivity contribution >= 4 is 0 Å². The van der Waals surface area contributed by atoms with Gasteiger partial charge in [-0.05, 0) is 46.4 Å². The Labute approximate surface area is 95.1 Å². The van der Waals surface area contributed by atoms with E-state index in [1.165, 1.54) is 6.42 Å². The Morgan fingerprint density at radius 2 is 1.60 bits per heavy atom. The summed E-state index contributed by atoms with van der Waals surface area (Å²) in [6.45, 7) is 10.4. The Bertz CT molecular complexity index is 137. The van der Waals surface area contributed by atoms with Gasteiger partial charge in [-0.15, -0.1) is 0 Å². The van der Waals surface area contributed by atoms with Gasteiger partial charge in [-0.1, -0.05) is 13.8 Å². The van der Waals surface area contributed by atoms with Crippen molar-refractivity contribution in [3.05, 3.63) is 0 Å². The van der Waals surface area contributed by atoms with Crippen molar-refractivity contribution in [2.24, 2.45) is 5.92 Å². The van der Waals surface area contributed by atoms with Crippen LogP contribution in [-0.2, 0) is 0 Å². The molecule has 0 aliphatic carbocycles. The fourth-order valence-corrected chi connectivity index (χ4v) is 1.76. The summed E-state index contributed by atoms with van der Waals surface area (Å²) in [5.74, 6) is 0.670. The number of aliphatic hydroxyl groups is 1. The van der Waals surface area contributed by atoms with Gasteiger partial charge in [0.2, 0.25) is 0 Å². The molecule has 0 aromatic rings. The first-order chi connectivity index (χ1) is 6.91. The molecular formula is C12H28N2O. The summed E-state index contributed by atoms with van der Waals surface area (Å²) < 4.78 is 0. The normalized spacial score (nSPS) is 14.2. The number of aliphatic hydroxyl groups excluding tert-OH is 1. The highest BCUT2D eigenvalue weighted by atomic mass is 16.3. The molecule has 0 heterocycles. The molecule has 1 N–H and O–H groups in total. The van der Waals surface area contributed by atoms with Crippen molar-refractivity contribution < 1.29 is 5.11 Å². The van der Waals surface area contributed by atoms with Gasteiger partial charge in [0.05, 0.1) is 6.10 Å². The molecule has 92 valence electrons. The summed E-state index contributed by atoms with van der Waals surface area (Å²) in [5.41, 5.74) is 0. The van der Waals surface area contributed by atoms with Gasteiger partial charge in [0.25, 0.3) is 0 Å². The lowest BCUT2D eigenvalue weighted by Gasteiger charge is -2.26. The fraction of sp³-hybridized carbons (Fsp3) is 1.00. The molecule has 0 aliphatic rings. The third kappa shape index (κ3) is 10.2. The number of rotatable bonds is 8. The van der Waals surface area contributed by atoms with Crippen molar-refractivity contribution in [1.29, 1.82) is 0 Å². The van der Waals surface area contributed by atoms with Crippen LogP contribution in [0.25, 0.3) is 0 Å². The van der Waals surface area contributed by atoms with Gasteiger partial charge in [0.1, 0.15) is 0 Å². The highest BCUT2D eigenvalue weighted by molar-refractivity contribution is 4.64. The van der Waals surface area contributed by atoms with Crippen LogP contribution in [0.2, 0.25) is 0 Å². The molecule has 15 heavy (non-hydrogen) atoms. The SMILES string of the molecule is CC(C)CN(CCCN(C)C)CC(C)O. The minimum atomic E-state index is -0.219. The second kappa shape index (κ2) is 8.08. The number of hydrogen-bond acceptors (Lipinski definition) is 3. The summed E-state index contributed by atoms with van der Waals surface area (Å²) in [5, 5.41) is 9.39. The van der Waals surface area contributed by atoms with Gasteiger partial charge >= 0.3 is 0 Å². The van der Waals surface area contributed by atoms with E-state index in [0.717, 1.165) is 26.2 Å². The zero-order chi connectivity index (χ0) is 11.8. The first-order valence-electron chi connectivity index (χ1n) is 5.97. The summed E-state index contributed by atoms with van der Waals surface area (Å²) >= 11 is 0. The Hall–Kier alpha value is -0.120. The Morgan fingerprint density at radius 1 is 1.00 bits per heavy atom. The fourth-order valence-electron chi connectivity index (χ4n) is 1.76. The van der Waals surface area contributed by atoms with E-state index in [2.05, 4.69) is 37.7 Å². The topological polar surface area (TPSA) is 26.7 Å². The molecule has 1 atom stereocenters. The summed E-state index contributed by atoms with van der Waals surface area (Å²) in [6, 6.07) is 0. The highest BCUT2D eigenvalue weighted by Crippen LogP contribution is 2.01. The van der Waals surface area contributed by atoms with Gasteiger partial charge < -0.3 is 14.9 Å². The van der Waals surface area contributed by atoms with E-state index in [9.17, 15) is 5.11 Å². The maximum atomic E-state index is 9.39. The molecule has 0 aromatic heterocycles. The summed E-state index contributed by atoms with van der Waals surface area (Å²) in [6.07, 6.45) is 0.954. The minimum Gasteiger partial charge on any atom is -0.392 e. The first-order valence-corrected chi connectivity index (χ1v) is 5.97.